The first-order valence-corrected chi connectivity index (χ1v) is 6.51. The maximum absolute atomic E-state index is 12.5. The Morgan fingerprint density at radius 3 is 2.45 bits per heavy atom. The average Bonchev–Trinajstić information content (AvgIpc) is 2.38. The van der Waals surface area contributed by atoms with Crippen LogP contribution in [0.1, 0.15) is 36.4 Å². The van der Waals surface area contributed by atoms with Crippen molar-refractivity contribution < 1.29 is 23.1 Å². The number of hydrogen-bond donors (Lipinski definition) is 1. The Hall–Kier alpha value is -1.56. The lowest BCUT2D eigenvalue weighted by Gasteiger charge is -2.34. The molecule has 1 aromatic rings. The summed E-state index contributed by atoms with van der Waals surface area (Å²) < 4.78 is 37.6. The Labute approximate surface area is 115 Å². The van der Waals surface area contributed by atoms with E-state index in [1.165, 1.54) is 12.1 Å². The highest BCUT2D eigenvalue weighted by Crippen LogP contribution is 2.33. The Bertz CT molecular complexity index is 470. The molecule has 0 amide bonds. The van der Waals surface area contributed by atoms with Crippen molar-refractivity contribution in [1.82, 2.24) is 4.90 Å². The molecular formula is C14H16F3NO2. The van der Waals surface area contributed by atoms with Gasteiger partial charge >= 0.3 is 12.1 Å². The number of carboxylic acid groups (broad SMARTS) is 1. The van der Waals surface area contributed by atoms with Gasteiger partial charge in [0.25, 0.3) is 0 Å². The van der Waals surface area contributed by atoms with Crippen molar-refractivity contribution in [1.29, 1.82) is 0 Å². The predicted molar refractivity (Wildman–Crippen MR) is 67.2 cm³/mol. The highest BCUT2D eigenvalue weighted by atomic mass is 19.4. The van der Waals surface area contributed by atoms with E-state index in [0.29, 0.717) is 6.54 Å². The molecular weight excluding hydrogens is 271 g/mol. The van der Waals surface area contributed by atoms with Gasteiger partial charge in [-0.1, -0.05) is 18.6 Å². The molecule has 3 nitrogen and oxygen atoms in total. The fraction of sp³-hybridized carbons (Fsp3) is 0.500. The molecule has 1 saturated heterocycles. The molecule has 1 N–H and O–H groups in total. The first kappa shape index (κ1) is 14.8. The predicted octanol–water partition coefficient (Wildman–Crippen LogP) is 3.32. The molecule has 20 heavy (non-hydrogen) atoms. The maximum Gasteiger partial charge on any atom is 0.416 e. The van der Waals surface area contributed by atoms with Crippen LogP contribution in [0, 0.1) is 0 Å². The minimum atomic E-state index is -4.34. The Morgan fingerprint density at radius 2 is 1.90 bits per heavy atom. The van der Waals surface area contributed by atoms with Gasteiger partial charge in [0, 0.05) is 6.04 Å². The summed E-state index contributed by atoms with van der Waals surface area (Å²) >= 11 is 0. The van der Waals surface area contributed by atoms with Gasteiger partial charge in [0.05, 0.1) is 12.1 Å². The third-order valence-corrected chi connectivity index (χ3v) is 3.57. The quantitative estimate of drug-likeness (QED) is 0.927. The first-order chi connectivity index (χ1) is 9.38. The van der Waals surface area contributed by atoms with Gasteiger partial charge in [-0.25, -0.2) is 0 Å². The van der Waals surface area contributed by atoms with E-state index < -0.39 is 17.7 Å². The second-order valence-electron chi connectivity index (χ2n) is 5.00. The fourth-order valence-electron chi connectivity index (χ4n) is 2.63. The SMILES string of the molecule is O=C(O)CN1CCCC[C@H]1c1ccc(C(F)(F)F)cc1. The molecule has 0 unspecified atom stereocenters. The van der Waals surface area contributed by atoms with Gasteiger partial charge in [0.1, 0.15) is 0 Å². The van der Waals surface area contributed by atoms with Crippen molar-refractivity contribution in [2.24, 2.45) is 0 Å². The molecule has 0 aromatic heterocycles. The number of benzene rings is 1. The minimum Gasteiger partial charge on any atom is -0.480 e. The van der Waals surface area contributed by atoms with Crippen LogP contribution >= 0.6 is 0 Å². The zero-order valence-electron chi connectivity index (χ0n) is 10.9. The smallest absolute Gasteiger partial charge is 0.416 e. The molecule has 0 aliphatic carbocycles. The zero-order valence-corrected chi connectivity index (χ0v) is 10.9. The molecule has 0 radical (unpaired) electrons. The molecule has 1 heterocycles. The summed E-state index contributed by atoms with van der Waals surface area (Å²) in [5, 5.41) is 8.89. The maximum atomic E-state index is 12.5. The van der Waals surface area contributed by atoms with E-state index in [2.05, 4.69) is 0 Å². The van der Waals surface area contributed by atoms with Crippen LogP contribution in [-0.4, -0.2) is 29.1 Å². The van der Waals surface area contributed by atoms with E-state index in [0.717, 1.165) is 37.0 Å². The molecule has 1 atom stereocenters. The van der Waals surface area contributed by atoms with Crippen molar-refractivity contribution in [3.63, 3.8) is 0 Å². The standard InChI is InChI=1S/C14H16F3NO2/c15-14(16,17)11-6-4-10(5-7-11)12-3-1-2-8-18(12)9-13(19)20/h4-7,12H,1-3,8-9H2,(H,19,20)/t12-/m0/s1. The van der Waals surface area contributed by atoms with Crippen LogP contribution in [0.2, 0.25) is 0 Å². The average molecular weight is 287 g/mol. The van der Waals surface area contributed by atoms with Gasteiger partial charge in [-0.3, -0.25) is 9.69 Å². The number of carboxylic acids is 1. The highest BCUT2D eigenvalue weighted by molar-refractivity contribution is 5.69. The summed E-state index contributed by atoms with van der Waals surface area (Å²) in [5.74, 6) is -0.913. The summed E-state index contributed by atoms with van der Waals surface area (Å²) in [6.07, 6.45) is -1.68. The van der Waals surface area contributed by atoms with Crippen molar-refractivity contribution in [3.8, 4) is 0 Å². The van der Waals surface area contributed by atoms with Gasteiger partial charge in [-0.2, -0.15) is 13.2 Å². The van der Waals surface area contributed by atoms with Crippen LogP contribution < -0.4 is 0 Å². The number of nitrogens with zero attached hydrogens (tertiary/aromatic N) is 1. The molecule has 6 heteroatoms. The highest BCUT2D eigenvalue weighted by Gasteiger charge is 2.31. The topological polar surface area (TPSA) is 40.5 Å². The molecule has 110 valence electrons. The summed E-state index contributed by atoms with van der Waals surface area (Å²) in [6, 6.07) is 4.91. The van der Waals surface area contributed by atoms with Crippen LogP contribution in [0.3, 0.4) is 0 Å². The van der Waals surface area contributed by atoms with E-state index >= 15 is 0 Å². The van der Waals surface area contributed by atoms with Crippen LogP contribution in [0.15, 0.2) is 24.3 Å². The van der Waals surface area contributed by atoms with Crippen LogP contribution in [0.25, 0.3) is 0 Å². The number of hydrogen-bond acceptors (Lipinski definition) is 2. The largest absolute Gasteiger partial charge is 0.480 e. The van der Waals surface area contributed by atoms with Gasteiger partial charge < -0.3 is 5.11 Å². The van der Waals surface area contributed by atoms with Crippen molar-refractivity contribution in [3.05, 3.63) is 35.4 Å². The number of piperidine rings is 1. The lowest BCUT2D eigenvalue weighted by molar-refractivity contribution is -0.139. The normalized spacial score (nSPS) is 20.9. The Kier molecular flexibility index (Phi) is 4.32. The number of halogens is 3. The third-order valence-electron chi connectivity index (χ3n) is 3.57. The van der Waals surface area contributed by atoms with Gasteiger partial charge in [0.2, 0.25) is 0 Å². The Morgan fingerprint density at radius 1 is 1.25 bits per heavy atom. The summed E-state index contributed by atoms with van der Waals surface area (Å²) in [6.45, 7) is 0.587. The van der Waals surface area contributed by atoms with Crippen molar-refractivity contribution in [2.75, 3.05) is 13.1 Å². The Balaban J connectivity index is 2.17. The second-order valence-corrected chi connectivity index (χ2v) is 5.00. The van der Waals surface area contributed by atoms with E-state index in [4.69, 9.17) is 5.11 Å². The van der Waals surface area contributed by atoms with E-state index in [-0.39, 0.29) is 12.6 Å². The van der Waals surface area contributed by atoms with Gasteiger partial charge in [-0.05, 0) is 37.1 Å². The van der Waals surface area contributed by atoms with E-state index in [9.17, 15) is 18.0 Å². The molecule has 0 bridgehead atoms. The molecule has 1 aromatic carbocycles. The molecule has 2 rings (SSSR count). The molecule has 0 spiro atoms. The fourth-order valence-corrected chi connectivity index (χ4v) is 2.63. The van der Waals surface area contributed by atoms with Gasteiger partial charge in [-0.15, -0.1) is 0 Å². The number of aliphatic carboxylic acids is 1. The van der Waals surface area contributed by atoms with Crippen molar-refractivity contribution >= 4 is 5.97 Å². The number of carbonyl (C=O) groups is 1. The third kappa shape index (κ3) is 3.50. The molecule has 1 aliphatic heterocycles. The monoisotopic (exact) mass is 287 g/mol. The van der Waals surface area contributed by atoms with Crippen LogP contribution in [0.4, 0.5) is 13.2 Å². The molecule has 1 fully saturated rings. The lowest BCUT2D eigenvalue weighted by atomic mass is 9.94. The van der Waals surface area contributed by atoms with Gasteiger partial charge in [0.15, 0.2) is 0 Å². The second kappa shape index (κ2) is 5.83. The summed E-state index contributed by atoms with van der Waals surface area (Å²) in [7, 11) is 0. The van der Waals surface area contributed by atoms with E-state index in [1.54, 1.807) is 0 Å². The van der Waals surface area contributed by atoms with E-state index in [1.807, 2.05) is 4.90 Å². The minimum absolute atomic E-state index is 0.0777. The van der Waals surface area contributed by atoms with Crippen LogP contribution in [0.5, 0.6) is 0 Å². The number of alkyl halides is 3. The lowest BCUT2D eigenvalue weighted by Crippen LogP contribution is -2.37. The van der Waals surface area contributed by atoms with Crippen LogP contribution in [-0.2, 0) is 11.0 Å². The first-order valence-electron chi connectivity index (χ1n) is 6.51. The molecule has 1 aliphatic rings. The number of likely N-dealkylation sites (tertiary alicyclic amines) is 1. The zero-order chi connectivity index (χ0) is 14.8. The number of rotatable bonds is 3. The molecule has 0 saturated carbocycles. The summed E-state index contributed by atoms with van der Waals surface area (Å²) in [4.78, 5) is 12.7. The van der Waals surface area contributed by atoms with Crippen molar-refractivity contribution in [2.45, 2.75) is 31.5 Å². The summed E-state index contributed by atoms with van der Waals surface area (Å²) in [5.41, 5.74) is 0.0702.